The summed E-state index contributed by atoms with van der Waals surface area (Å²) in [6.45, 7) is 1.72. The predicted octanol–water partition coefficient (Wildman–Crippen LogP) is 1.20. The lowest BCUT2D eigenvalue weighted by Gasteiger charge is -2.26. The second kappa shape index (κ2) is 6.71. The number of anilines is 1. The van der Waals surface area contributed by atoms with Gasteiger partial charge in [-0.3, -0.25) is 9.78 Å². The van der Waals surface area contributed by atoms with Crippen molar-refractivity contribution in [3.63, 3.8) is 0 Å². The van der Waals surface area contributed by atoms with Crippen molar-refractivity contribution in [1.82, 2.24) is 9.88 Å². The molecule has 2 N–H and O–H groups in total. The summed E-state index contributed by atoms with van der Waals surface area (Å²) in [6.07, 6.45) is 1.97. The second-order valence-electron chi connectivity index (χ2n) is 3.75. The Bertz CT molecular complexity index is 365. The van der Waals surface area contributed by atoms with Gasteiger partial charge in [-0.25, -0.2) is 0 Å². The van der Waals surface area contributed by atoms with Gasteiger partial charge in [0.05, 0.1) is 18.3 Å². The van der Waals surface area contributed by atoms with Crippen LogP contribution >= 0.6 is 24.2 Å². The zero-order chi connectivity index (χ0) is 11.4. The van der Waals surface area contributed by atoms with E-state index in [4.69, 9.17) is 5.73 Å². The predicted molar refractivity (Wildman–Crippen MR) is 73.5 cm³/mol. The minimum atomic E-state index is 0. The van der Waals surface area contributed by atoms with E-state index in [2.05, 4.69) is 4.98 Å². The van der Waals surface area contributed by atoms with Crippen LogP contribution in [0.2, 0.25) is 0 Å². The van der Waals surface area contributed by atoms with Crippen molar-refractivity contribution >= 4 is 35.8 Å². The first-order valence-corrected chi connectivity index (χ1v) is 6.47. The molecule has 6 heteroatoms. The van der Waals surface area contributed by atoms with Crippen molar-refractivity contribution < 1.29 is 4.79 Å². The van der Waals surface area contributed by atoms with E-state index in [1.807, 2.05) is 22.7 Å². The Morgan fingerprint density at radius 1 is 1.41 bits per heavy atom. The Kier molecular flexibility index (Phi) is 5.58. The summed E-state index contributed by atoms with van der Waals surface area (Å²) < 4.78 is 0. The number of halogens is 1. The lowest BCUT2D eigenvalue weighted by molar-refractivity contribution is -0.130. The van der Waals surface area contributed by atoms with Gasteiger partial charge >= 0.3 is 0 Å². The maximum Gasteiger partial charge on any atom is 0.228 e. The molecular weight excluding hydrogens is 258 g/mol. The molecule has 2 rings (SSSR count). The Morgan fingerprint density at radius 3 is 2.71 bits per heavy atom. The number of nitrogens with zero attached hydrogens (tertiary/aromatic N) is 2. The molecule has 1 aliphatic heterocycles. The first-order valence-electron chi connectivity index (χ1n) is 5.31. The fourth-order valence-electron chi connectivity index (χ4n) is 1.62. The molecular formula is C11H16ClN3OS. The van der Waals surface area contributed by atoms with Gasteiger partial charge in [-0.05, 0) is 12.1 Å². The number of carbonyl (C=O) groups excluding carboxylic acids is 1. The molecule has 0 aromatic carbocycles. The summed E-state index contributed by atoms with van der Waals surface area (Å²) in [5, 5.41) is 0. The van der Waals surface area contributed by atoms with E-state index >= 15 is 0 Å². The van der Waals surface area contributed by atoms with Crippen LogP contribution in [0.5, 0.6) is 0 Å². The minimum absolute atomic E-state index is 0. The molecule has 1 saturated heterocycles. The van der Waals surface area contributed by atoms with Crippen LogP contribution in [0.25, 0.3) is 0 Å². The number of nitrogen functional groups attached to an aromatic ring is 1. The van der Waals surface area contributed by atoms with E-state index in [-0.39, 0.29) is 18.3 Å². The van der Waals surface area contributed by atoms with Crippen LogP contribution in [0.15, 0.2) is 18.3 Å². The molecule has 0 saturated carbocycles. The summed E-state index contributed by atoms with van der Waals surface area (Å²) in [4.78, 5) is 17.9. The highest BCUT2D eigenvalue weighted by Gasteiger charge is 2.17. The number of hydrogen-bond donors (Lipinski definition) is 1. The molecule has 0 atom stereocenters. The summed E-state index contributed by atoms with van der Waals surface area (Å²) >= 11 is 1.90. The third kappa shape index (κ3) is 4.09. The molecule has 0 bridgehead atoms. The summed E-state index contributed by atoms with van der Waals surface area (Å²) in [5.74, 6) is 2.25. The molecule has 1 fully saturated rings. The summed E-state index contributed by atoms with van der Waals surface area (Å²) in [5.41, 5.74) is 6.96. The number of aromatic nitrogens is 1. The second-order valence-corrected chi connectivity index (χ2v) is 4.98. The number of hydrogen-bond acceptors (Lipinski definition) is 4. The first-order chi connectivity index (χ1) is 7.75. The zero-order valence-corrected chi connectivity index (χ0v) is 11.1. The lowest BCUT2D eigenvalue weighted by atomic mass is 10.2. The average Bonchev–Trinajstić information content (AvgIpc) is 2.33. The van der Waals surface area contributed by atoms with Crippen molar-refractivity contribution in [2.75, 3.05) is 30.3 Å². The van der Waals surface area contributed by atoms with Gasteiger partial charge in [0.15, 0.2) is 0 Å². The monoisotopic (exact) mass is 273 g/mol. The number of carbonyl (C=O) groups is 1. The number of thioether (sulfide) groups is 1. The van der Waals surface area contributed by atoms with Crippen LogP contribution < -0.4 is 5.73 Å². The standard InChI is InChI=1S/C11H15N3OS.ClH/c12-9-1-2-10(13-8-9)7-11(15)14-3-5-16-6-4-14;/h1-2,8H,3-7,12H2;1H. The average molecular weight is 274 g/mol. The van der Waals surface area contributed by atoms with Crippen LogP contribution in [-0.4, -0.2) is 40.4 Å². The van der Waals surface area contributed by atoms with E-state index in [0.29, 0.717) is 12.1 Å². The van der Waals surface area contributed by atoms with Gasteiger partial charge in [-0.2, -0.15) is 11.8 Å². The van der Waals surface area contributed by atoms with Gasteiger partial charge in [0.2, 0.25) is 5.91 Å². The van der Waals surface area contributed by atoms with Gasteiger partial charge in [0, 0.05) is 30.3 Å². The van der Waals surface area contributed by atoms with Crippen LogP contribution in [0.3, 0.4) is 0 Å². The Balaban J connectivity index is 0.00000144. The van der Waals surface area contributed by atoms with E-state index in [1.165, 1.54) is 0 Å². The van der Waals surface area contributed by atoms with E-state index in [0.717, 1.165) is 30.3 Å². The molecule has 1 aromatic rings. The molecule has 1 amide bonds. The molecule has 0 unspecified atom stereocenters. The van der Waals surface area contributed by atoms with Crippen molar-refractivity contribution in [2.45, 2.75) is 6.42 Å². The third-order valence-corrected chi connectivity index (χ3v) is 3.49. The van der Waals surface area contributed by atoms with Gasteiger partial charge < -0.3 is 10.6 Å². The van der Waals surface area contributed by atoms with E-state index < -0.39 is 0 Å². The number of pyridine rings is 1. The topological polar surface area (TPSA) is 59.2 Å². The number of nitrogens with two attached hydrogens (primary N) is 1. The maximum atomic E-state index is 11.9. The maximum absolute atomic E-state index is 11.9. The fourth-order valence-corrected chi connectivity index (χ4v) is 2.52. The van der Waals surface area contributed by atoms with Gasteiger partial charge in [-0.15, -0.1) is 12.4 Å². The highest BCUT2D eigenvalue weighted by Crippen LogP contribution is 2.11. The highest BCUT2D eigenvalue weighted by atomic mass is 35.5. The normalized spacial score (nSPS) is 15.2. The van der Waals surface area contributed by atoms with Crippen LogP contribution in [0.1, 0.15) is 5.69 Å². The van der Waals surface area contributed by atoms with Gasteiger partial charge in [0.1, 0.15) is 0 Å². The highest BCUT2D eigenvalue weighted by molar-refractivity contribution is 7.99. The molecule has 1 aliphatic rings. The SMILES string of the molecule is Cl.Nc1ccc(CC(=O)N2CCSCC2)nc1. The van der Waals surface area contributed by atoms with Crippen LogP contribution in [0.4, 0.5) is 5.69 Å². The minimum Gasteiger partial charge on any atom is -0.397 e. The Hall–Kier alpha value is -0.940. The molecule has 0 radical (unpaired) electrons. The van der Waals surface area contributed by atoms with Crippen molar-refractivity contribution in [3.05, 3.63) is 24.0 Å². The van der Waals surface area contributed by atoms with Crippen LogP contribution in [-0.2, 0) is 11.2 Å². The molecule has 0 spiro atoms. The zero-order valence-electron chi connectivity index (χ0n) is 9.46. The van der Waals surface area contributed by atoms with Crippen molar-refractivity contribution in [3.8, 4) is 0 Å². The molecule has 2 heterocycles. The van der Waals surface area contributed by atoms with Gasteiger partial charge in [0.25, 0.3) is 0 Å². The van der Waals surface area contributed by atoms with Crippen molar-refractivity contribution in [2.24, 2.45) is 0 Å². The molecule has 17 heavy (non-hydrogen) atoms. The van der Waals surface area contributed by atoms with Crippen molar-refractivity contribution in [1.29, 1.82) is 0 Å². The van der Waals surface area contributed by atoms with E-state index in [9.17, 15) is 4.79 Å². The van der Waals surface area contributed by atoms with Gasteiger partial charge in [-0.1, -0.05) is 0 Å². The third-order valence-electron chi connectivity index (χ3n) is 2.54. The molecule has 1 aromatic heterocycles. The van der Waals surface area contributed by atoms with E-state index in [1.54, 1.807) is 12.3 Å². The molecule has 0 aliphatic carbocycles. The Morgan fingerprint density at radius 2 is 2.12 bits per heavy atom. The van der Waals surface area contributed by atoms with Crippen LogP contribution in [0, 0.1) is 0 Å². The quantitative estimate of drug-likeness (QED) is 0.880. The first kappa shape index (κ1) is 14.1. The lowest BCUT2D eigenvalue weighted by Crippen LogP contribution is -2.38. The number of rotatable bonds is 2. The number of amides is 1. The summed E-state index contributed by atoms with van der Waals surface area (Å²) in [6, 6.07) is 3.59. The molecule has 94 valence electrons. The smallest absolute Gasteiger partial charge is 0.228 e. The fraction of sp³-hybridized carbons (Fsp3) is 0.455. The molecule has 4 nitrogen and oxygen atoms in total. The Labute approximate surface area is 111 Å². The largest absolute Gasteiger partial charge is 0.397 e. The summed E-state index contributed by atoms with van der Waals surface area (Å²) in [7, 11) is 0.